The molecule has 25 heavy (non-hydrogen) atoms. The highest BCUT2D eigenvalue weighted by molar-refractivity contribution is 5.96. The molecule has 0 amide bonds. The molecular weight excluding hydrogens is 314 g/mol. The van der Waals surface area contributed by atoms with Gasteiger partial charge in [0.1, 0.15) is 0 Å². The second-order valence-electron chi connectivity index (χ2n) is 6.20. The van der Waals surface area contributed by atoms with E-state index in [1.54, 1.807) is 0 Å². The van der Waals surface area contributed by atoms with Gasteiger partial charge in [-0.3, -0.25) is 0 Å². The van der Waals surface area contributed by atoms with Crippen LogP contribution in [0.15, 0.2) is 42.5 Å². The van der Waals surface area contributed by atoms with E-state index in [4.69, 9.17) is 10.00 Å². The van der Waals surface area contributed by atoms with Gasteiger partial charge in [0.05, 0.1) is 36.2 Å². The highest BCUT2D eigenvalue weighted by atomic mass is 16.5. The van der Waals surface area contributed by atoms with Crippen molar-refractivity contribution in [2.45, 2.75) is 25.9 Å². The Bertz CT molecular complexity index is 809. The van der Waals surface area contributed by atoms with Crippen molar-refractivity contribution in [1.82, 2.24) is 0 Å². The third-order valence-electron chi connectivity index (χ3n) is 4.48. The first kappa shape index (κ1) is 16.8. The number of benzene rings is 2. The molecule has 0 aliphatic carbocycles. The van der Waals surface area contributed by atoms with Gasteiger partial charge in [0.2, 0.25) is 0 Å². The molecule has 5 nitrogen and oxygen atoms in total. The Hall–Kier alpha value is -3.00. The first-order valence-corrected chi connectivity index (χ1v) is 8.34. The molecule has 3 rings (SSSR count). The summed E-state index contributed by atoms with van der Waals surface area (Å²) in [5.74, 6) is -0.339. The van der Waals surface area contributed by atoms with Gasteiger partial charge in [-0.15, -0.1) is 0 Å². The summed E-state index contributed by atoms with van der Waals surface area (Å²) < 4.78 is 4.91. The number of carbonyl (C=O) groups excluding carboxylic acids is 1. The van der Waals surface area contributed by atoms with E-state index in [1.807, 2.05) is 49.4 Å². The standard InChI is InChI=1S/C20H21N3O2/c1-14-5-10-18(17(12-14)20(24)25-2)22-19-4-3-11-23(19)16-8-6-15(13-21)7-9-16/h5-10,12,19,22H,3-4,11H2,1-2H3. The highest BCUT2D eigenvalue weighted by Crippen LogP contribution is 2.28. The van der Waals surface area contributed by atoms with Crippen LogP contribution in [0, 0.1) is 18.3 Å². The van der Waals surface area contributed by atoms with Gasteiger partial charge in [-0.1, -0.05) is 11.6 Å². The lowest BCUT2D eigenvalue weighted by molar-refractivity contribution is 0.0601. The molecule has 0 saturated carbocycles. The highest BCUT2D eigenvalue weighted by Gasteiger charge is 2.26. The number of methoxy groups -OCH3 is 1. The second kappa shape index (κ2) is 7.27. The van der Waals surface area contributed by atoms with E-state index < -0.39 is 0 Å². The molecule has 0 aromatic heterocycles. The van der Waals surface area contributed by atoms with Gasteiger partial charge in [-0.25, -0.2) is 4.79 Å². The summed E-state index contributed by atoms with van der Waals surface area (Å²) in [4.78, 5) is 14.3. The maximum atomic E-state index is 12.1. The summed E-state index contributed by atoms with van der Waals surface area (Å²) in [6.45, 7) is 2.89. The van der Waals surface area contributed by atoms with E-state index in [9.17, 15) is 4.79 Å². The molecule has 1 unspecified atom stereocenters. The number of carbonyl (C=O) groups is 1. The molecule has 128 valence electrons. The number of nitrogens with zero attached hydrogens (tertiary/aromatic N) is 2. The van der Waals surface area contributed by atoms with Gasteiger partial charge in [-0.2, -0.15) is 5.26 Å². The van der Waals surface area contributed by atoms with Gasteiger partial charge in [0.15, 0.2) is 0 Å². The third-order valence-corrected chi connectivity index (χ3v) is 4.48. The van der Waals surface area contributed by atoms with Crippen molar-refractivity contribution in [3.8, 4) is 6.07 Å². The molecule has 0 spiro atoms. The number of hydrogen-bond acceptors (Lipinski definition) is 5. The molecule has 1 aliphatic rings. The largest absolute Gasteiger partial charge is 0.465 e. The van der Waals surface area contributed by atoms with Crippen LogP contribution in [0.2, 0.25) is 0 Å². The first-order valence-electron chi connectivity index (χ1n) is 8.34. The number of rotatable bonds is 4. The Morgan fingerprint density at radius 2 is 2.04 bits per heavy atom. The fourth-order valence-corrected chi connectivity index (χ4v) is 3.20. The van der Waals surface area contributed by atoms with E-state index in [2.05, 4.69) is 16.3 Å². The van der Waals surface area contributed by atoms with Crippen molar-refractivity contribution < 1.29 is 9.53 Å². The van der Waals surface area contributed by atoms with Crippen LogP contribution >= 0.6 is 0 Å². The summed E-state index contributed by atoms with van der Waals surface area (Å²) in [7, 11) is 1.40. The Morgan fingerprint density at radius 1 is 1.28 bits per heavy atom. The minimum absolute atomic E-state index is 0.0963. The third kappa shape index (κ3) is 3.58. The van der Waals surface area contributed by atoms with Crippen LogP contribution in [0.3, 0.4) is 0 Å². The molecular formula is C20H21N3O2. The predicted molar refractivity (Wildman–Crippen MR) is 97.7 cm³/mol. The zero-order chi connectivity index (χ0) is 17.8. The first-order chi connectivity index (χ1) is 12.1. The van der Waals surface area contributed by atoms with Gasteiger partial charge in [0.25, 0.3) is 0 Å². The molecule has 1 fully saturated rings. The average molecular weight is 335 g/mol. The lowest BCUT2D eigenvalue weighted by atomic mass is 10.1. The fraction of sp³-hybridized carbons (Fsp3) is 0.300. The zero-order valence-electron chi connectivity index (χ0n) is 14.5. The maximum absolute atomic E-state index is 12.1. The Kier molecular flexibility index (Phi) is 4.90. The van der Waals surface area contributed by atoms with Gasteiger partial charge in [0, 0.05) is 12.2 Å². The fourth-order valence-electron chi connectivity index (χ4n) is 3.20. The van der Waals surface area contributed by atoms with Gasteiger partial charge in [-0.05, 0) is 56.2 Å². The average Bonchev–Trinajstić information content (AvgIpc) is 3.10. The van der Waals surface area contributed by atoms with E-state index in [0.717, 1.165) is 36.3 Å². The van der Waals surface area contributed by atoms with Crippen molar-refractivity contribution in [3.05, 3.63) is 59.2 Å². The minimum Gasteiger partial charge on any atom is -0.465 e. The lowest BCUT2D eigenvalue weighted by Gasteiger charge is -2.29. The van der Waals surface area contributed by atoms with Crippen LogP contribution < -0.4 is 10.2 Å². The Morgan fingerprint density at radius 3 is 2.72 bits per heavy atom. The van der Waals surface area contributed by atoms with Crippen LogP contribution in [0.4, 0.5) is 11.4 Å². The molecule has 5 heteroatoms. The molecule has 0 bridgehead atoms. The van der Waals surface area contributed by atoms with Crippen LogP contribution in [-0.4, -0.2) is 25.8 Å². The SMILES string of the molecule is COC(=O)c1cc(C)ccc1NC1CCCN1c1ccc(C#N)cc1. The Balaban J connectivity index is 1.84. The van der Waals surface area contributed by atoms with Crippen LogP contribution in [-0.2, 0) is 4.74 Å². The summed E-state index contributed by atoms with van der Waals surface area (Å²) in [5.41, 5.74) is 4.07. The molecule has 0 radical (unpaired) electrons. The summed E-state index contributed by atoms with van der Waals surface area (Å²) in [6.07, 6.45) is 2.14. The number of nitrogens with one attached hydrogen (secondary N) is 1. The van der Waals surface area contributed by atoms with Crippen LogP contribution in [0.5, 0.6) is 0 Å². The number of hydrogen-bond donors (Lipinski definition) is 1. The molecule has 1 N–H and O–H groups in total. The van der Waals surface area contributed by atoms with E-state index >= 15 is 0 Å². The molecule has 1 saturated heterocycles. The zero-order valence-corrected chi connectivity index (χ0v) is 14.5. The topological polar surface area (TPSA) is 65.4 Å². The number of anilines is 2. The minimum atomic E-state index is -0.339. The molecule has 2 aromatic rings. The molecule has 1 heterocycles. The number of nitriles is 1. The van der Waals surface area contributed by atoms with Crippen molar-refractivity contribution in [2.24, 2.45) is 0 Å². The molecule has 1 atom stereocenters. The van der Waals surface area contributed by atoms with Crippen molar-refractivity contribution in [2.75, 3.05) is 23.9 Å². The smallest absolute Gasteiger partial charge is 0.339 e. The normalized spacial score (nSPS) is 16.4. The predicted octanol–water partition coefficient (Wildman–Crippen LogP) is 3.69. The van der Waals surface area contributed by atoms with Crippen molar-refractivity contribution in [3.63, 3.8) is 0 Å². The number of aryl methyl sites for hydroxylation is 1. The van der Waals surface area contributed by atoms with Gasteiger partial charge >= 0.3 is 5.97 Å². The lowest BCUT2D eigenvalue weighted by Crippen LogP contribution is -2.36. The monoisotopic (exact) mass is 335 g/mol. The van der Waals surface area contributed by atoms with Crippen molar-refractivity contribution in [1.29, 1.82) is 5.26 Å². The van der Waals surface area contributed by atoms with Crippen LogP contribution in [0.25, 0.3) is 0 Å². The van der Waals surface area contributed by atoms with Crippen LogP contribution in [0.1, 0.15) is 34.3 Å². The van der Waals surface area contributed by atoms with Crippen molar-refractivity contribution >= 4 is 17.3 Å². The summed E-state index contributed by atoms with van der Waals surface area (Å²) in [6, 6.07) is 15.5. The molecule has 1 aliphatic heterocycles. The summed E-state index contributed by atoms with van der Waals surface area (Å²) in [5, 5.41) is 12.4. The van der Waals surface area contributed by atoms with E-state index in [1.165, 1.54) is 7.11 Å². The Labute approximate surface area is 147 Å². The second-order valence-corrected chi connectivity index (χ2v) is 6.20. The van der Waals surface area contributed by atoms with E-state index in [0.29, 0.717) is 11.1 Å². The van der Waals surface area contributed by atoms with Gasteiger partial charge < -0.3 is 15.0 Å². The van der Waals surface area contributed by atoms with E-state index in [-0.39, 0.29) is 12.1 Å². The maximum Gasteiger partial charge on any atom is 0.339 e. The quantitative estimate of drug-likeness (QED) is 0.863. The summed E-state index contributed by atoms with van der Waals surface area (Å²) >= 11 is 0. The molecule has 2 aromatic carbocycles. The number of esters is 1. The number of ether oxygens (including phenoxy) is 1.